The Morgan fingerprint density at radius 1 is 0.333 bits per heavy atom. The van der Waals surface area contributed by atoms with Crippen LogP contribution in [0.1, 0.15) is 25.0 Å². The van der Waals surface area contributed by atoms with Gasteiger partial charge in [0.2, 0.25) is 0 Å². The molecule has 1 heterocycles. The number of hydrogen-bond donors (Lipinski definition) is 0. The quantitative estimate of drug-likeness (QED) is 0.156. The third-order valence-electron chi connectivity index (χ3n) is 13.4. The van der Waals surface area contributed by atoms with E-state index in [1.165, 1.54) is 93.9 Å². The summed E-state index contributed by atoms with van der Waals surface area (Å²) in [6.45, 7) is 4.78. The summed E-state index contributed by atoms with van der Waals surface area (Å²) >= 11 is 0. The van der Waals surface area contributed by atoms with Crippen molar-refractivity contribution in [1.82, 2.24) is 4.57 Å². The maximum Gasteiger partial charge on any atom is 0.0541 e. The van der Waals surface area contributed by atoms with Gasteiger partial charge in [0.05, 0.1) is 11.0 Å². The van der Waals surface area contributed by atoms with Crippen molar-refractivity contribution in [3.8, 4) is 50.2 Å². The molecule has 11 aromatic rings. The molecule has 1 aliphatic carbocycles. The van der Waals surface area contributed by atoms with Crippen LogP contribution in [0.3, 0.4) is 0 Å². The Morgan fingerprint density at radius 2 is 0.857 bits per heavy atom. The zero-order chi connectivity index (χ0) is 42.1. The summed E-state index contributed by atoms with van der Waals surface area (Å²) in [5.74, 6) is 0. The Hall–Kier alpha value is -7.94. The van der Waals surface area contributed by atoms with Crippen molar-refractivity contribution in [2.75, 3.05) is 4.90 Å². The second-order valence-corrected chi connectivity index (χ2v) is 17.4. The van der Waals surface area contributed by atoms with Crippen LogP contribution in [0.25, 0.3) is 82.8 Å². The lowest BCUT2D eigenvalue weighted by atomic mass is 9.82. The molecule has 0 amide bonds. The molecule has 0 unspecified atom stereocenters. The SMILES string of the molecule is CC1(C)c2cc(N(c3ccc(-c4cccc(-c5ccccc5)c4)cc3)c3cccc(-c4cccc5ccccc45)c3)ccc2-c2ccc(-n3c4ccccc4c4ccccc43)cc21. The Morgan fingerprint density at radius 3 is 1.60 bits per heavy atom. The van der Waals surface area contributed by atoms with E-state index in [2.05, 4.69) is 254 Å². The van der Waals surface area contributed by atoms with E-state index >= 15 is 0 Å². The van der Waals surface area contributed by atoms with Crippen molar-refractivity contribution >= 4 is 49.6 Å². The Balaban J connectivity index is 0.975. The number of nitrogens with zero attached hydrogens (tertiary/aromatic N) is 2. The molecule has 0 fully saturated rings. The van der Waals surface area contributed by atoms with Crippen LogP contribution >= 0.6 is 0 Å². The van der Waals surface area contributed by atoms with Crippen LogP contribution in [0.4, 0.5) is 17.1 Å². The van der Waals surface area contributed by atoms with Crippen molar-refractivity contribution in [2.24, 2.45) is 0 Å². The van der Waals surface area contributed by atoms with Crippen molar-refractivity contribution in [3.05, 3.63) is 242 Å². The molecule has 10 aromatic carbocycles. The van der Waals surface area contributed by atoms with Gasteiger partial charge in [-0.25, -0.2) is 0 Å². The molecule has 298 valence electrons. The lowest BCUT2D eigenvalue weighted by Crippen LogP contribution is -2.17. The highest BCUT2D eigenvalue weighted by Crippen LogP contribution is 2.52. The summed E-state index contributed by atoms with van der Waals surface area (Å²) in [4.78, 5) is 2.43. The standard InChI is InChI=1S/C61H44N2/c1-61(2)57-39-49(33-35-53(57)54-36-34-50(40-58(54)61)63-59-27-10-8-24-55(59)56-25-9-11-28-60(56)63)62(48-22-13-21-46(38-48)52-26-14-18-43-17-6-7-23-51(43)52)47-31-29-42(30-32-47)45-20-12-19-44(37-45)41-15-4-3-5-16-41/h3-40H,1-2H3. The number of aromatic nitrogens is 1. The fourth-order valence-electron chi connectivity index (χ4n) is 10.2. The van der Waals surface area contributed by atoms with Gasteiger partial charge in [-0.1, -0.05) is 178 Å². The third-order valence-corrected chi connectivity index (χ3v) is 13.4. The van der Waals surface area contributed by atoms with E-state index in [9.17, 15) is 0 Å². The van der Waals surface area contributed by atoms with E-state index in [-0.39, 0.29) is 5.41 Å². The normalized spacial score (nSPS) is 12.7. The first-order valence-electron chi connectivity index (χ1n) is 21.9. The Kier molecular flexibility index (Phi) is 8.55. The molecule has 0 bridgehead atoms. The number of anilines is 3. The molecule has 2 heteroatoms. The van der Waals surface area contributed by atoms with Gasteiger partial charge in [-0.3, -0.25) is 0 Å². The average molecular weight is 805 g/mol. The van der Waals surface area contributed by atoms with Crippen molar-refractivity contribution in [2.45, 2.75) is 19.3 Å². The van der Waals surface area contributed by atoms with Crippen LogP contribution in [-0.2, 0) is 5.41 Å². The number of rotatable bonds is 7. The highest BCUT2D eigenvalue weighted by Gasteiger charge is 2.36. The van der Waals surface area contributed by atoms with Crippen molar-refractivity contribution in [1.29, 1.82) is 0 Å². The lowest BCUT2D eigenvalue weighted by Gasteiger charge is -2.29. The molecule has 0 saturated carbocycles. The van der Waals surface area contributed by atoms with Gasteiger partial charge in [0.15, 0.2) is 0 Å². The topological polar surface area (TPSA) is 8.17 Å². The monoisotopic (exact) mass is 804 g/mol. The summed E-state index contributed by atoms with van der Waals surface area (Å²) in [5.41, 5.74) is 19.3. The second-order valence-electron chi connectivity index (χ2n) is 17.4. The van der Waals surface area contributed by atoms with Gasteiger partial charge in [0.1, 0.15) is 0 Å². The lowest BCUT2D eigenvalue weighted by molar-refractivity contribution is 0.660. The minimum absolute atomic E-state index is 0.237. The second kappa shape index (κ2) is 14.6. The highest BCUT2D eigenvalue weighted by molar-refractivity contribution is 6.09. The van der Waals surface area contributed by atoms with Gasteiger partial charge in [-0.05, 0) is 133 Å². The first kappa shape index (κ1) is 36.9. The number of fused-ring (bicyclic) bond motifs is 7. The van der Waals surface area contributed by atoms with Gasteiger partial charge in [-0.2, -0.15) is 0 Å². The van der Waals surface area contributed by atoms with E-state index in [0.29, 0.717) is 0 Å². The fraction of sp³-hybridized carbons (Fsp3) is 0.0492. The van der Waals surface area contributed by atoms with E-state index in [1.54, 1.807) is 0 Å². The number of hydrogen-bond acceptors (Lipinski definition) is 1. The van der Waals surface area contributed by atoms with Crippen molar-refractivity contribution < 1.29 is 0 Å². The smallest absolute Gasteiger partial charge is 0.0541 e. The van der Waals surface area contributed by atoms with Gasteiger partial charge in [0, 0.05) is 38.9 Å². The zero-order valence-corrected chi connectivity index (χ0v) is 35.3. The first-order chi connectivity index (χ1) is 31.0. The summed E-state index contributed by atoms with van der Waals surface area (Å²) in [6, 6.07) is 84.6. The Labute approximate surface area is 368 Å². The first-order valence-corrected chi connectivity index (χ1v) is 21.9. The van der Waals surface area contributed by atoms with Gasteiger partial charge >= 0.3 is 0 Å². The summed E-state index contributed by atoms with van der Waals surface area (Å²) in [5, 5.41) is 5.05. The largest absolute Gasteiger partial charge is 0.310 e. The van der Waals surface area contributed by atoms with Gasteiger partial charge < -0.3 is 9.47 Å². The molecule has 2 nitrogen and oxygen atoms in total. The molecule has 1 aliphatic rings. The summed E-state index contributed by atoms with van der Waals surface area (Å²) in [7, 11) is 0. The minimum atomic E-state index is -0.237. The Bertz CT molecular complexity index is 3480. The molecular weight excluding hydrogens is 761 g/mol. The minimum Gasteiger partial charge on any atom is -0.310 e. The van der Waals surface area contributed by atoms with Gasteiger partial charge in [-0.15, -0.1) is 0 Å². The van der Waals surface area contributed by atoms with Crippen molar-refractivity contribution in [3.63, 3.8) is 0 Å². The average Bonchev–Trinajstić information content (AvgIpc) is 3.79. The molecule has 1 aromatic heterocycles. The fourth-order valence-corrected chi connectivity index (χ4v) is 10.2. The van der Waals surface area contributed by atoms with E-state index in [0.717, 1.165) is 17.1 Å². The van der Waals surface area contributed by atoms with E-state index in [1.807, 2.05) is 0 Å². The number of para-hydroxylation sites is 2. The molecule has 0 radical (unpaired) electrons. The zero-order valence-electron chi connectivity index (χ0n) is 35.3. The predicted octanol–water partition coefficient (Wildman–Crippen LogP) is 16.7. The molecule has 0 saturated heterocycles. The molecule has 0 aliphatic heterocycles. The van der Waals surface area contributed by atoms with Crippen LogP contribution < -0.4 is 4.90 Å². The van der Waals surface area contributed by atoms with E-state index in [4.69, 9.17) is 0 Å². The summed E-state index contributed by atoms with van der Waals surface area (Å²) < 4.78 is 2.43. The maximum atomic E-state index is 2.44. The predicted molar refractivity (Wildman–Crippen MR) is 267 cm³/mol. The highest BCUT2D eigenvalue weighted by atomic mass is 15.1. The summed E-state index contributed by atoms with van der Waals surface area (Å²) in [6.07, 6.45) is 0. The molecular formula is C61H44N2. The molecule has 0 spiro atoms. The molecule has 63 heavy (non-hydrogen) atoms. The molecule has 12 rings (SSSR count). The molecule has 0 atom stereocenters. The third kappa shape index (κ3) is 6.09. The maximum absolute atomic E-state index is 2.44. The van der Waals surface area contributed by atoms with Crippen LogP contribution in [-0.4, -0.2) is 4.57 Å². The van der Waals surface area contributed by atoms with Crippen LogP contribution in [0.15, 0.2) is 231 Å². The van der Waals surface area contributed by atoms with Gasteiger partial charge in [0.25, 0.3) is 0 Å². The number of benzene rings is 10. The van der Waals surface area contributed by atoms with Crippen LogP contribution in [0, 0.1) is 0 Å². The molecule has 0 N–H and O–H groups in total. The van der Waals surface area contributed by atoms with Crippen LogP contribution in [0.5, 0.6) is 0 Å². The van der Waals surface area contributed by atoms with E-state index < -0.39 is 0 Å². The van der Waals surface area contributed by atoms with Crippen LogP contribution in [0.2, 0.25) is 0 Å².